The maximum absolute atomic E-state index is 13.0. The van der Waals surface area contributed by atoms with Gasteiger partial charge >= 0.3 is 0 Å². The van der Waals surface area contributed by atoms with E-state index in [1.165, 1.54) is 44.2 Å². The summed E-state index contributed by atoms with van der Waals surface area (Å²) in [6.07, 6.45) is -2.75. The number of aryl methyl sites for hydroxylation is 1. The highest BCUT2D eigenvalue weighted by molar-refractivity contribution is 6.34. The number of carbonyl (C=O) groups is 3. The summed E-state index contributed by atoms with van der Waals surface area (Å²) in [6.45, 7) is 3.72. The van der Waals surface area contributed by atoms with Crippen LogP contribution in [0.3, 0.4) is 0 Å². The van der Waals surface area contributed by atoms with Crippen LogP contribution in [0.5, 0.6) is 5.75 Å². The number of alkyl halides is 2. The van der Waals surface area contributed by atoms with Gasteiger partial charge in [-0.1, -0.05) is 35.4 Å². The number of ether oxygens (including phenoxy) is 1. The van der Waals surface area contributed by atoms with E-state index < -0.39 is 36.4 Å². The maximum atomic E-state index is 13.0. The van der Waals surface area contributed by atoms with Crippen molar-refractivity contribution in [2.24, 2.45) is 0 Å². The zero-order valence-electron chi connectivity index (χ0n) is 21.5. The van der Waals surface area contributed by atoms with Crippen LogP contribution >= 0.6 is 11.6 Å². The SMILES string of the molecule is Cc1ccc(NC(=O)c2cc(NC(=O)c3cc(CNC(=O)C(C)(C)O)ccc3Cl)ccc2OCC(F)F)cc1. The van der Waals surface area contributed by atoms with E-state index >= 15 is 0 Å². The average Bonchev–Trinajstić information content (AvgIpc) is 2.87. The molecule has 39 heavy (non-hydrogen) atoms. The van der Waals surface area contributed by atoms with Gasteiger partial charge in [0.25, 0.3) is 24.1 Å². The quantitative estimate of drug-likeness (QED) is 0.273. The third kappa shape index (κ3) is 8.49. The molecule has 0 aliphatic heterocycles. The molecule has 0 aromatic heterocycles. The van der Waals surface area contributed by atoms with Crippen molar-refractivity contribution in [3.63, 3.8) is 0 Å². The Morgan fingerprint density at radius 3 is 2.18 bits per heavy atom. The second-order valence-corrected chi connectivity index (χ2v) is 9.65. The molecule has 0 saturated heterocycles. The molecule has 0 saturated carbocycles. The molecule has 3 amide bonds. The number of rotatable bonds is 10. The third-order valence-electron chi connectivity index (χ3n) is 5.44. The van der Waals surface area contributed by atoms with Crippen LogP contribution < -0.4 is 20.7 Å². The van der Waals surface area contributed by atoms with Crippen LogP contribution in [0, 0.1) is 6.92 Å². The highest BCUT2D eigenvalue weighted by Crippen LogP contribution is 2.26. The van der Waals surface area contributed by atoms with Gasteiger partial charge in [0.05, 0.1) is 16.1 Å². The minimum absolute atomic E-state index is 0.0414. The van der Waals surface area contributed by atoms with Crippen molar-refractivity contribution < 1.29 is 33.0 Å². The summed E-state index contributed by atoms with van der Waals surface area (Å²) in [7, 11) is 0. The third-order valence-corrected chi connectivity index (χ3v) is 5.77. The van der Waals surface area contributed by atoms with E-state index in [0.717, 1.165) is 5.56 Å². The Kier molecular flexibility index (Phi) is 9.61. The van der Waals surface area contributed by atoms with Crippen LogP contribution in [0.15, 0.2) is 60.7 Å². The van der Waals surface area contributed by atoms with Gasteiger partial charge < -0.3 is 25.8 Å². The van der Waals surface area contributed by atoms with E-state index in [2.05, 4.69) is 16.0 Å². The number of hydrogen-bond acceptors (Lipinski definition) is 5. The highest BCUT2D eigenvalue weighted by atomic mass is 35.5. The molecule has 0 bridgehead atoms. The molecule has 0 radical (unpaired) electrons. The Hall–Kier alpha value is -4.02. The monoisotopic (exact) mass is 559 g/mol. The Morgan fingerprint density at radius 1 is 0.923 bits per heavy atom. The van der Waals surface area contributed by atoms with Crippen LogP contribution in [0.2, 0.25) is 5.02 Å². The van der Waals surface area contributed by atoms with Crippen molar-refractivity contribution in [3.8, 4) is 5.75 Å². The normalized spacial score (nSPS) is 11.2. The Balaban J connectivity index is 1.82. The Morgan fingerprint density at radius 2 is 1.54 bits per heavy atom. The minimum atomic E-state index is -2.75. The van der Waals surface area contributed by atoms with Crippen molar-refractivity contribution in [3.05, 3.63) is 87.9 Å². The molecule has 206 valence electrons. The van der Waals surface area contributed by atoms with Crippen LogP contribution in [0.4, 0.5) is 20.2 Å². The van der Waals surface area contributed by atoms with E-state index in [1.54, 1.807) is 30.3 Å². The summed E-state index contributed by atoms with van der Waals surface area (Å²) >= 11 is 6.23. The number of benzene rings is 3. The van der Waals surface area contributed by atoms with Gasteiger partial charge in [-0.2, -0.15) is 0 Å². The standard InChI is InChI=1S/C28H28ClF2N3O5/c1-16-4-7-18(8-5-16)33-26(36)21-13-19(9-11-23(21)39-15-24(30)31)34-25(35)20-12-17(6-10-22(20)29)14-32-27(37)28(2,3)38/h4-13,24,38H,14-15H2,1-3H3,(H,32,37)(H,33,36)(H,34,35). The molecule has 0 aliphatic rings. The lowest BCUT2D eigenvalue weighted by Crippen LogP contribution is -2.41. The van der Waals surface area contributed by atoms with Gasteiger partial charge in [-0.15, -0.1) is 0 Å². The number of carbonyl (C=O) groups excluding carboxylic acids is 3. The predicted molar refractivity (Wildman–Crippen MR) is 145 cm³/mol. The molecular weight excluding hydrogens is 532 g/mol. The van der Waals surface area contributed by atoms with E-state index in [9.17, 15) is 28.3 Å². The molecule has 4 N–H and O–H groups in total. The molecule has 0 spiro atoms. The Labute approximate surface area is 229 Å². The molecule has 3 aromatic rings. The van der Waals surface area contributed by atoms with Crippen molar-refractivity contribution in [2.45, 2.75) is 39.3 Å². The lowest BCUT2D eigenvalue weighted by atomic mass is 10.1. The highest BCUT2D eigenvalue weighted by Gasteiger charge is 2.23. The minimum Gasteiger partial charge on any atom is -0.487 e. The van der Waals surface area contributed by atoms with Gasteiger partial charge in [0.2, 0.25) is 0 Å². The average molecular weight is 560 g/mol. The molecule has 0 aliphatic carbocycles. The molecule has 0 unspecified atom stereocenters. The molecule has 8 nitrogen and oxygen atoms in total. The molecule has 0 fully saturated rings. The predicted octanol–water partition coefficient (Wildman–Crippen LogP) is 5.18. The van der Waals surface area contributed by atoms with Crippen molar-refractivity contribution in [1.29, 1.82) is 0 Å². The second kappa shape index (κ2) is 12.7. The first-order chi connectivity index (χ1) is 18.3. The van der Waals surface area contributed by atoms with Crippen LogP contribution in [-0.4, -0.2) is 41.5 Å². The first kappa shape index (κ1) is 29.5. The first-order valence-corrected chi connectivity index (χ1v) is 12.2. The smallest absolute Gasteiger partial charge is 0.272 e. The summed E-state index contributed by atoms with van der Waals surface area (Å²) in [4.78, 5) is 38.0. The fourth-order valence-electron chi connectivity index (χ4n) is 3.35. The van der Waals surface area contributed by atoms with E-state index in [4.69, 9.17) is 16.3 Å². The van der Waals surface area contributed by atoms with Gasteiger partial charge in [0, 0.05) is 17.9 Å². The van der Waals surface area contributed by atoms with E-state index in [1.807, 2.05) is 6.92 Å². The largest absolute Gasteiger partial charge is 0.487 e. The summed E-state index contributed by atoms with van der Waals surface area (Å²) in [5, 5.41) is 17.8. The number of nitrogens with one attached hydrogen (secondary N) is 3. The molecule has 3 rings (SSSR count). The fourth-order valence-corrected chi connectivity index (χ4v) is 3.56. The topological polar surface area (TPSA) is 117 Å². The van der Waals surface area contributed by atoms with Crippen LogP contribution in [-0.2, 0) is 11.3 Å². The maximum Gasteiger partial charge on any atom is 0.272 e. The number of amides is 3. The number of hydrogen-bond donors (Lipinski definition) is 4. The summed E-state index contributed by atoms with van der Waals surface area (Å²) in [6, 6.07) is 15.6. The fraction of sp³-hybridized carbons (Fsp3) is 0.250. The molecule has 0 heterocycles. The van der Waals surface area contributed by atoms with E-state index in [-0.39, 0.29) is 34.1 Å². The molecule has 3 aromatic carbocycles. The number of halogens is 3. The van der Waals surface area contributed by atoms with Gasteiger partial charge in [-0.05, 0) is 68.8 Å². The first-order valence-electron chi connectivity index (χ1n) is 11.9. The van der Waals surface area contributed by atoms with Crippen LogP contribution in [0.25, 0.3) is 0 Å². The summed E-state index contributed by atoms with van der Waals surface area (Å²) in [5.74, 6) is -1.90. The van der Waals surface area contributed by atoms with Crippen LogP contribution in [0.1, 0.15) is 45.7 Å². The zero-order chi connectivity index (χ0) is 28.7. The zero-order valence-corrected chi connectivity index (χ0v) is 22.2. The van der Waals surface area contributed by atoms with E-state index in [0.29, 0.717) is 11.3 Å². The lowest BCUT2D eigenvalue weighted by molar-refractivity contribution is -0.136. The second-order valence-electron chi connectivity index (χ2n) is 9.24. The van der Waals surface area contributed by atoms with Gasteiger partial charge in [-0.25, -0.2) is 8.78 Å². The number of anilines is 2. The van der Waals surface area contributed by atoms with Gasteiger partial charge in [0.15, 0.2) is 0 Å². The van der Waals surface area contributed by atoms with Gasteiger partial charge in [0.1, 0.15) is 18.0 Å². The summed E-state index contributed by atoms with van der Waals surface area (Å²) in [5.41, 5.74) is 0.673. The summed E-state index contributed by atoms with van der Waals surface area (Å²) < 4.78 is 30.7. The lowest BCUT2D eigenvalue weighted by Gasteiger charge is -2.17. The van der Waals surface area contributed by atoms with Gasteiger partial charge in [-0.3, -0.25) is 14.4 Å². The Bertz CT molecular complexity index is 1360. The van der Waals surface area contributed by atoms with Crippen molar-refractivity contribution in [2.75, 3.05) is 17.2 Å². The van der Waals surface area contributed by atoms with Crippen molar-refractivity contribution in [1.82, 2.24) is 5.32 Å². The van der Waals surface area contributed by atoms with Crippen molar-refractivity contribution >= 4 is 40.7 Å². The number of aliphatic hydroxyl groups is 1. The molecule has 0 atom stereocenters. The molecule has 11 heteroatoms. The molecular formula is C28H28ClF2N3O5.